The summed E-state index contributed by atoms with van der Waals surface area (Å²) < 4.78 is 0. The van der Waals surface area contributed by atoms with E-state index >= 15 is 0 Å². The Bertz CT molecular complexity index is 367. The smallest absolute Gasteiger partial charge is 0.226 e. The largest absolute Gasteiger partial charge is 0.393 e. The lowest BCUT2D eigenvalue weighted by Crippen LogP contribution is -2.42. The fraction of sp³-hybridized carbons (Fsp3) is 0.857. The van der Waals surface area contributed by atoms with Crippen LogP contribution < -0.4 is 5.73 Å². The van der Waals surface area contributed by atoms with Crippen molar-refractivity contribution < 1.29 is 4.79 Å². The molecule has 0 bridgehead atoms. The number of likely N-dealkylation sites (tertiary alicyclic amines) is 1. The lowest BCUT2D eigenvalue weighted by Gasteiger charge is -2.32. The molecule has 1 saturated heterocycles. The number of amides is 1. The molecule has 2 fully saturated rings. The van der Waals surface area contributed by atoms with E-state index < -0.39 is 0 Å². The Labute approximate surface area is 115 Å². The minimum absolute atomic E-state index is 0.129. The van der Waals surface area contributed by atoms with Crippen LogP contribution >= 0.6 is 12.2 Å². The van der Waals surface area contributed by atoms with Crippen LogP contribution in [0.15, 0.2) is 0 Å². The molecule has 0 spiro atoms. The normalized spacial score (nSPS) is 27.0. The highest BCUT2D eigenvalue weighted by atomic mass is 32.1. The molecular formula is C14H24N2OS. The first-order chi connectivity index (χ1) is 8.19. The molecule has 0 aromatic heterocycles. The molecule has 1 saturated carbocycles. The Morgan fingerprint density at radius 3 is 1.94 bits per heavy atom. The summed E-state index contributed by atoms with van der Waals surface area (Å²) in [5, 5.41) is 0. The van der Waals surface area contributed by atoms with Crippen molar-refractivity contribution >= 4 is 23.1 Å². The zero-order valence-corrected chi connectivity index (χ0v) is 12.6. The van der Waals surface area contributed by atoms with Crippen molar-refractivity contribution in [2.45, 2.75) is 40.5 Å². The highest BCUT2D eigenvalue weighted by Crippen LogP contribution is 2.68. The topological polar surface area (TPSA) is 46.3 Å². The highest BCUT2D eigenvalue weighted by molar-refractivity contribution is 7.80. The fourth-order valence-corrected chi connectivity index (χ4v) is 3.62. The standard InChI is InChI=1S/C14H24N2OS/c1-13(2)10(14(13,3)4)12(17)16-7-5-9(6-8-16)11(15)18/h9-10H,5-8H2,1-4H3,(H2,15,18). The molecule has 0 atom stereocenters. The first-order valence-electron chi connectivity index (χ1n) is 6.77. The minimum atomic E-state index is 0.129. The molecule has 3 nitrogen and oxygen atoms in total. The maximum absolute atomic E-state index is 12.5. The van der Waals surface area contributed by atoms with Gasteiger partial charge < -0.3 is 10.6 Å². The molecule has 2 aliphatic rings. The van der Waals surface area contributed by atoms with E-state index in [1.807, 2.05) is 4.90 Å². The van der Waals surface area contributed by atoms with E-state index in [2.05, 4.69) is 27.7 Å². The molecule has 0 unspecified atom stereocenters. The van der Waals surface area contributed by atoms with Crippen LogP contribution in [0, 0.1) is 22.7 Å². The summed E-state index contributed by atoms with van der Waals surface area (Å²) in [7, 11) is 0. The Balaban J connectivity index is 1.96. The Morgan fingerprint density at radius 1 is 1.17 bits per heavy atom. The molecule has 1 amide bonds. The van der Waals surface area contributed by atoms with Gasteiger partial charge in [-0.3, -0.25) is 4.79 Å². The zero-order valence-electron chi connectivity index (χ0n) is 11.8. The van der Waals surface area contributed by atoms with E-state index in [1.54, 1.807) is 0 Å². The van der Waals surface area contributed by atoms with Gasteiger partial charge in [-0.25, -0.2) is 0 Å². The van der Waals surface area contributed by atoms with Crippen LogP contribution in [0.3, 0.4) is 0 Å². The van der Waals surface area contributed by atoms with Crippen molar-refractivity contribution in [3.63, 3.8) is 0 Å². The molecule has 2 rings (SSSR count). The van der Waals surface area contributed by atoms with E-state index in [1.165, 1.54) is 0 Å². The summed E-state index contributed by atoms with van der Waals surface area (Å²) in [5.41, 5.74) is 5.93. The fourth-order valence-electron chi connectivity index (χ4n) is 3.38. The van der Waals surface area contributed by atoms with Gasteiger partial charge in [0.1, 0.15) is 0 Å². The highest BCUT2D eigenvalue weighted by Gasteiger charge is 2.68. The third-order valence-corrected chi connectivity index (χ3v) is 5.81. The van der Waals surface area contributed by atoms with Crippen molar-refractivity contribution in [2.75, 3.05) is 13.1 Å². The van der Waals surface area contributed by atoms with Gasteiger partial charge in [0, 0.05) is 24.9 Å². The second-order valence-electron chi connectivity index (χ2n) is 6.88. The van der Waals surface area contributed by atoms with Crippen LogP contribution in [0.2, 0.25) is 0 Å². The van der Waals surface area contributed by atoms with E-state index in [-0.39, 0.29) is 16.7 Å². The molecule has 0 radical (unpaired) electrons. The summed E-state index contributed by atoms with van der Waals surface area (Å²) >= 11 is 5.03. The lowest BCUT2D eigenvalue weighted by molar-refractivity contribution is -0.135. The summed E-state index contributed by atoms with van der Waals surface area (Å²) in [4.78, 5) is 15.1. The molecule has 18 heavy (non-hydrogen) atoms. The maximum atomic E-state index is 12.5. The first kappa shape index (κ1) is 13.8. The van der Waals surface area contributed by atoms with Crippen molar-refractivity contribution in [2.24, 2.45) is 28.4 Å². The summed E-state index contributed by atoms with van der Waals surface area (Å²) in [6, 6.07) is 0. The van der Waals surface area contributed by atoms with Gasteiger partial charge in [-0.15, -0.1) is 0 Å². The second-order valence-corrected chi connectivity index (χ2v) is 7.35. The molecule has 0 aromatic carbocycles. The van der Waals surface area contributed by atoms with Crippen LogP contribution in [-0.4, -0.2) is 28.9 Å². The Morgan fingerprint density at radius 2 is 1.61 bits per heavy atom. The third-order valence-electron chi connectivity index (χ3n) is 5.48. The quantitative estimate of drug-likeness (QED) is 0.781. The molecule has 102 valence electrons. The van der Waals surface area contributed by atoms with Crippen molar-refractivity contribution in [1.82, 2.24) is 4.90 Å². The SMILES string of the molecule is CC1(C)C(C(=O)N2CCC(C(N)=S)CC2)C1(C)C. The first-order valence-corrected chi connectivity index (χ1v) is 7.18. The molecule has 4 heteroatoms. The van der Waals surface area contributed by atoms with Gasteiger partial charge in [-0.05, 0) is 23.7 Å². The second kappa shape index (κ2) is 4.19. The van der Waals surface area contributed by atoms with Gasteiger partial charge in [0.15, 0.2) is 0 Å². The predicted molar refractivity (Wildman–Crippen MR) is 77.1 cm³/mol. The van der Waals surface area contributed by atoms with E-state index in [0.717, 1.165) is 25.9 Å². The molecule has 1 heterocycles. The average Bonchev–Trinajstić information content (AvgIpc) is 2.69. The summed E-state index contributed by atoms with van der Waals surface area (Å²) in [5.74, 6) is 0.821. The van der Waals surface area contributed by atoms with E-state index in [0.29, 0.717) is 16.8 Å². The molecular weight excluding hydrogens is 244 g/mol. The van der Waals surface area contributed by atoms with Gasteiger partial charge >= 0.3 is 0 Å². The van der Waals surface area contributed by atoms with E-state index in [4.69, 9.17) is 18.0 Å². The number of carbonyl (C=O) groups is 1. The van der Waals surface area contributed by atoms with Crippen LogP contribution in [0.5, 0.6) is 0 Å². The predicted octanol–water partition coefficient (Wildman–Crippen LogP) is 2.19. The van der Waals surface area contributed by atoms with Gasteiger partial charge in [0.05, 0.1) is 4.99 Å². The van der Waals surface area contributed by atoms with Crippen molar-refractivity contribution in [3.8, 4) is 0 Å². The number of nitrogens with zero attached hydrogens (tertiary/aromatic N) is 1. The molecule has 2 N–H and O–H groups in total. The van der Waals surface area contributed by atoms with Crippen LogP contribution in [-0.2, 0) is 4.79 Å². The number of thiocarbonyl (C=S) groups is 1. The monoisotopic (exact) mass is 268 g/mol. The Kier molecular flexibility index (Phi) is 3.21. The number of piperidine rings is 1. The molecule has 1 aliphatic carbocycles. The Hall–Kier alpha value is -0.640. The molecule has 0 aromatic rings. The van der Waals surface area contributed by atoms with Crippen LogP contribution in [0.4, 0.5) is 0 Å². The molecule has 1 aliphatic heterocycles. The number of nitrogens with two attached hydrogens (primary N) is 1. The van der Waals surface area contributed by atoms with Crippen LogP contribution in [0.1, 0.15) is 40.5 Å². The van der Waals surface area contributed by atoms with Crippen molar-refractivity contribution in [1.29, 1.82) is 0 Å². The average molecular weight is 268 g/mol. The number of hydrogen-bond donors (Lipinski definition) is 1. The zero-order chi connectivity index (χ0) is 13.7. The third kappa shape index (κ3) is 1.94. The lowest BCUT2D eigenvalue weighted by atomic mass is 9.96. The number of hydrogen-bond acceptors (Lipinski definition) is 2. The summed E-state index contributed by atoms with van der Waals surface area (Å²) in [6.45, 7) is 10.4. The van der Waals surface area contributed by atoms with Gasteiger partial charge in [-0.1, -0.05) is 39.9 Å². The maximum Gasteiger partial charge on any atom is 0.226 e. The van der Waals surface area contributed by atoms with Gasteiger partial charge in [0.2, 0.25) is 5.91 Å². The van der Waals surface area contributed by atoms with E-state index in [9.17, 15) is 4.79 Å². The van der Waals surface area contributed by atoms with Gasteiger partial charge in [-0.2, -0.15) is 0 Å². The van der Waals surface area contributed by atoms with Gasteiger partial charge in [0.25, 0.3) is 0 Å². The van der Waals surface area contributed by atoms with Crippen LogP contribution in [0.25, 0.3) is 0 Å². The van der Waals surface area contributed by atoms with Crippen molar-refractivity contribution in [3.05, 3.63) is 0 Å². The number of rotatable bonds is 2. The summed E-state index contributed by atoms with van der Waals surface area (Å²) in [6.07, 6.45) is 1.85. The minimum Gasteiger partial charge on any atom is -0.393 e. The number of carbonyl (C=O) groups excluding carboxylic acids is 1.